The molecule has 0 atom stereocenters. The lowest BCUT2D eigenvalue weighted by Crippen LogP contribution is -2.30. The van der Waals surface area contributed by atoms with E-state index >= 15 is 0 Å². The lowest BCUT2D eigenvalue weighted by molar-refractivity contribution is -0.194. The molecule has 1 fully saturated rings. The van der Waals surface area contributed by atoms with Gasteiger partial charge < -0.3 is 4.74 Å². The maximum Gasteiger partial charge on any atom is 0.397 e. The van der Waals surface area contributed by atoms with Crippen molar-refractivity contribution in [2.75, 3.05) is 6.61 Å². The minimum absolute atomic E-state index is 0.141. The van der Waals surface area contributed by atoms with Gasteiger partial charge in [-0.15, -0.1) is 0 Å². The van der Waals surface area contributed by atoms with Crippen LogP contribution in [0.25, 0.3) is 0 Å². The first kappa shape index (κ1) is 13.0. The molecule has 1 saturated carbocycles. The molecule has 1 nitrogen and oxygen atoms in total. The maximum absolute atomic E-state index is 12.7. The third kappa shape index (κ3) is 2.71. The van der Waals surface area contributed by atoms with Gasteiger partial charge in [0.1, 0.15) is 17.8 Å². The Kier molecular flexibility index (Phi) is 3.34. The second kappa shape index (κ2) is 4.35. The van der Waals surface area contributed by atoms with E-state index in [0.717, 1.165) is 0 Å². The van der Waals surface area contributed by atoms with Gasteiger partial charge in [0, 0.05) is 5.02 Å². The molecule has 0 bridgehead atoms. The molecule has 0 spiro atoms. The van der Waals surface area contributed by atoms with Crippen LogP contribution in [0.1, 0.15) is 12.8 Å². The van der Waals surface area contributed by atoms with Gasteiger partial charge in [-0.1, -0.05) is 11.6 Å². The SMILES string of the molecule is FC(F)(F)C1(COc2ccc(Cl)cc2Br)CC1. The van der Waals surface area contributed by atoms with Crippen molar-refractivity contribution in [3.05, 3.63) is 27.7 Å². The van der Waals surface area contributed by atoms with Crippen molar-refractivity contribution < 1.29 is 17.9 Å². The van der Waals surface area contributed by atoms with Gasteiger partial charge in [0.15, 0.2) is 0 Å². The molecule has 1 aliphatic rings. The highest BCUT2D eigenvalue weighted by Gasteiger charge is 2.63. The third-order valence-electron chi connectivity index (χ3n) is 2.85. The first-order valence-corrected chi connectivity index (χ1v) is 6.16. The average molecular weight is 330 g/mol. The summed E-state index contributed by atoms with van der Waals surface area (Å²) in [6.07, 6.45) is -3.91. The Bertz CT molecular complexity index is 429. The van der Waals surface area contributed by atoms with Gasteiger partial charge in [-0.3, -0.25) is 0 Å². The summed E-state index contributed by atoms with van der Waals surface area (Å²) in [7, 11) is 0. The van der Waals surface area contributed by atoms with Crippen LogP contribution in [0.4, 0.5) is 13.2 Å². The summed E-state index contributed by atoms with van der Waals surface area (Å²) in [6.45, 7) is -0.337. The van der Waals surface area contributed by atoms with Crippen molar-refractivity contribution in [3.8, 4) is 5.75 Å². The van der Waals surface area contributed by atoms with E-state index in [9.17, 15) is 13.2 Å². The number of benzene rings is 1. The van der Waals surface area contributed by atoms with E-state index in [1.54, 1.807) is 18.2 Å². The lowest BCUT2D eigenvalue weighted by Gasteiger charge is -2.20. The summed E-state index contributed by atoms with van der Waals surface area (Å²) in [4.78, 5) is 0. The molecule has 0 heterocycles. The number of rotatable bonds is 3. The minimum atomic E-state index is -4.19. The summed E-state index contributed by atoms with van der Waals surface area (Å²) in [5.74, 6) is 0.380. The quantitative estimate of drug-likeness (QED) is 0.772. The molecule has 2 rings (SSSR count). The molecule has 0 N–H and O–H groups in total. The molecule has 0 unspecified atom stereocenters. The number of halogens is 5. The average Bonchev–Trinajstić information content (AvgIpc) is 2.96. The van der Waals surface area contributed by atoms with E-state index in [1.807, 2.05) is 0 Å². The third-order valence-corrected chi connectivity index (χ3v) is 3.71. The molecule has 1 aromatic carbocycles. The molecule has 1 aliphatic carbocycles. The van der Waals surface area contributed by atoms with Crippen LogP contribution in [0, 0.1) is 5.41 Å². The molecule has 0 aliphatic heterocycles. The Hall–Kier alpha value is -0.420. The predicted molar refractivity (Wildman–Crippen MR) is 62.4 cm³/mol. The molecule has 1 aromatic rings. The monoisotopic (exact) mass is 328 g/mol. The molecule has 6 heteroatoms. The van der Waals surface area contributed by atoms with Gasteiger partial charge in [0.2, 0.25) is 0 Å². The zero-order valence-corrected chi connectivity index (χ0v) is 11.0. The topological polar surface area (TPSA) is 9.23 Å². The maximum atomic E-state index is 12.7. The van der Waals surface area contributed by atoms with Crippen LogP contribution < -0.4 is 4.74 Å². The Morgan fingerprint density at radius 3 is 2.47 bits per heavy atom. The number of hydrogen-bond donors (Lipinski definition) is 0. The van der Waals surface area contributed by atoms with Crippen molar-refractivity contribution in [2.24, 2.45) is 5.41 Å². The lowest BCUT2D eigenvalue weighted by atomic mass is 10.1. The fourth-order valence-corrected chi connectivity index (χ4v) is 2.27. The Morgan fingerprint density at radius 1 is 1.35 bits per heavy atom. The van der Waals surface area contributed by atoms with Gasteiger partial charge in [-0.05, 0) is 47.0 Å². The van der Waals surface area contributed by atoms with E-state index in [-0.39, 0.29) is 19.4 Å². The smallest absolute Gasteiger partial charge is 0.397 e. The van der Waals surface area contributed by atoms with Crippen molar-refractivity contribution in [1.29, 1.82) is 0 Å². The summed E-state index contributed by atoms with van der Waals surface area (Å²) in [5.41, 5.74) is -1.65. The molecule has 0 aromatic heterocycles. The highest BCUT2D eigenvalue weighted by molar-refractivity contribution is 9.10. The molecule has 0 radical (unpaired) electrons. The van der Waals surface area contributed by atoms with Crippen LogP contribution in [0.3, 0.4) is 0 Å². The predicted octanol–water partition coefficient (Wildman–Crippen LogP) is 4.82. The first-order chi connectivity index (χ1) is 7.84. The van der Waals surface area contributed by atoms with E-state index < -0.39 is 11.6 Å². The minimum Gasteiger partial charge on any atom is -0.491 e. The Balaban J connectivity index is 2.04. The summed E-state index contributed by atoms with van der Waals surface area (Å²) < 4.78 is 43.7. The first-order valence-electron chi connectivity index (χ1n) is 4.99. The van der Waals surface area contributed by atoms with Gasteiger partial charge in [0.05, 0.1) is 4.47 Å². The molecule has 94 valence electrons. The van der Waals surface area contributed by atoms with E-state index in [2.05, 4.69) is 15.9 Å². The summed E-state index contributed by atoms with van der Waals surface area (Å²) in [6, 6.07) is 4.72. The second-order valence-electron chi connectivity index (χ2n) is 4.14. The van der Waals surface area contributed by atoms with Crippen LogP contribution in [0.5, 0.6) is 5.75 Å². The Labute approximate surface area is 110 Å². The second-order valence-corrected chi connectivity index (χ2v) is 5.43. The van der Waals surface area contributed by atoms with Crippen LogP contribution in [0.2, 0.25) is 5.02 Å². The van der Waals surface area contributed by atoms with E-state index in [1.165, 1.54) is 0 Å². The highest BCUT2D eigenvalue weighted by Crippen LogP contribution is 2.57. The van der Waals surface area contributed by atoms with Gasteiger partial charge >= 0.3 is 6.18 Å². The van der Waals surface area contributed by atoms with Crippen LogP contribution in [-0.2, 0) is 0 Å². The van der Waals surface area contributed by atoms with Gasteiger partial charge in [-0.2, -0.15) is 13.2 Å². The zero-order chi connectivity index (χ0) is 12.7. The Morgan fingerprint density at radius 2 is 2.00 bits per heavy atom. The van der Waals surface area contributed by atoms with Gasteiger partial charge in [0.25, 0.3) is 0 Å². The molecular formula is C11H9BrClF3O. The van der Waals surface area contributed by atoms with Crippen LogP contribution in [-0.4, -0.2) is 12.8 Å². The van der Waals surface area contributed by atoms with Gasteiger partial charge in [-0.25, -0.2) is 0 Å². The standard InChI is InChI=1S/C11H9BrClF3O/c12-8-5-7(13)1-2-9(8)17-6-10(3-4-10)11(14,15)16/h1-2,5H,3-4,6H2. The van der Waals surface area contributed by atoms with Crippen molar-refractivity contribution in [1.82, 2.24) is 0 Å². The molecule has 0 saturated heterocycles. The zero-order valence-electron chi connectivity index (χ0n) is 8.65. The van der Waals surface area contributed by atoms with Crippen LogP contribution in [0.15, 0.2) is 22.7 Å². The summed E-state index contributed by atoms with van der Waals surface area (Å²) in [5, 5.41) is 0.501. The van der Waals surface area contributed by atoms with E-state index in [4.69, 9.17) is 16.3 Å². The van der Waals surface area contributed by atoms with Crippen LogP contribution >= 0.6 is 27.5 Å². The fraction of sp³-hybridized carbons (Fsp3) is 0.455. The number of hydrogen-bond acceptors (Lipinski definition) is 1. The summed E-state index contributed by atoms with van der Waals surface area (Å²) >= 11 is 8.92. The molecule has 0 amide bonds. The molecular weight excluding hydrogens is 320 g/mol. The van der Waals surface area contributed by atoms with Crippen molar-refractivity contribution >= 4 is 27.5 Å². The van der Waals surface area contributed by atoms with Crippen molar-refractivity contribution in [3.63, 3.8) is 0 Å². The number of ether oxygens (including phenoxy) is 1. The molecule has 17 heavy (non-hydrogen) atoms. The fourth-order valence-electron chi connectivity index (χ4n) is 1.47. The normalized spacial score (nSPS) is 17.9. The largest absolute Gasteiger partial charge is 0.491 e. The highest BCUT2D eigenvalue weighted by atomic mass is 79.9. The van der Waals surface area contributed by atoms with E-state index in [0.29, 0.717) is 15.2 Å². The van der Waals surface area contributed by atoms with Crippen molar-refractivity contribution in [2.45, 2.75) is 19.0 Å². The number of alkyl halides is 3.